The molecule has 0 spiro atoms. The van der Waals surface area contributed by atoms with Crippen molar-refractivity contribution in [3.8, 4) is 4.20 Å². The van der Waals surface area contributed by atoms with E-state index in [0.29, 0.717) is 0 Å². The summed E-state index contributed by atoms with van der Waals surface area (Å²) in [6, 6.07) is 48.6. The second kappa shape index (κ2) is 21.0. The summed E-state index contributed by atoms with van der Waals surface area (Å²) in [7, 11) is -0.696. The molecule has 5 aromatic rings. The Labute approximate surface area is 306 Å². The predicted octanol–water partition coefficient (Wildman–Crippen LogP) is 9.78. The van der Waals surface area contributed by atoms with Crippen molar-refractivity contribution in [2.75, 3.05) is 12.3 Å². The molecule has 50 heavy (non-hydrogen) atoms. The molecule has 0 saturated carbocycles. The topological polar surface area (TPSA) is 39.8 Å². The molecule has 5 rings (SSSR count). The first-order valence-electron chi connectivity index (χ1n) is 14.7. The molecule has 0 radical (unpaired) electrons. The molecule has 0 heterocycles. The van der Waals surface area contributed by atoms with Crippen molar-refractivity contribution in [2.45, 2.75) is 20.8 Å². The first kappa shape index (κ1) is 45.3. The van der Waals surface area contributed by atoms with Crippen molar-refractivity contribution in [2.24, 2.45) is 0 Å². The van der Waals surface area contributed by atoms with E-state index in [1.807, 2.05) is 0 Å². The van der Waals surface area contributed by atoms with Crippen molar-refractivity contribution < 1.29 is 45.3 Å². The standard InChI is InChI=1S/C26H24P2.C10H11.2CO.6FH.Sb.W/c1-5-13-23(14-6-1)27(24-15-7-2-8-16-24)21-22-28(25-17-9-3-10-18-25)26-19-11-4-12-20-26;1-7-5-8(2)10(4)9(3)6-7;2*1-2;;;;;;;;/h1-20H,21-22H2;5-6H,1-3H3;;;6*1H;;/q;;;;;;;;;;+5;+1/p-6. The van der Waals surface area contributed by atoms with Gasteiger partial charge in [-0.25, -0.2) is 0 Å². The molecule has 0 aliphatic rings. The Morgan fingerprint density at radius 3 is 0.940 bits per heavy atom. The van der Waals surface area contributed by atoms with Crippen LogP contribution in [0, 0.1) is 38.3 Å². The summed E-state index contributed by atoms with van der Waals surface area (Å²) in [5, 5.41) is 5.89. The van der Waals surface area contributed by atoms with Crippen molar-refractivity contribution in [1.29, 1.82) is 0 Å². The Morgan fingerprint density at radius 2 is 0.740 bits per heavy atom. The van der Waals surface area contributed by atoms with E-state index < -0.39 is 19.5 Å². The van der Waals surface area contributed by atoms with Gasteiger partial charge in [-0.3, -0.25) is 0 Å². The van der Waals surface area contributed by atoms with Gasteiger partial charge in [0.05, 0.1) is 0 Å². The first-order chi connectivity index (χ1) is 23.5. The Bertz CT molecular complexity index is 1620. The van der Waals surface area contributed by atoms with E-state index in [2.05, 4.69) is 172 Å². The Morgan fingerprint density at radius 1 is 0.520 bits per heavy atom. The first-order valence-corrected chi connectivity index (χ1v) is 25.0. The summed E-state index contributed by atoms with van der Waals surface area (Å²) in [5.41, 5.74) is 5.33. The van der Waals surface area contributed by atoms with Crippen molar-refractivity contribution in [1.82, 2.24) is 0 Å². The van der Waals surface area contributed by atoms with E-state index in [-0.39, 0.29) is 15.8 Å². The summed E-state index contributed by atoms with van der Waals surface area (Å²) in [6.07, 6.45) is 2.41. The molecule has 0 atom stereocenters. The zero-order valence-corrected chi connectivity index (χ0v) is 34.7. The van der Waals surface area contributed by atoms with Crippen LogP contribution in [0.5, 0.6) is 0 Å². The number of hydrogen-bond acceptors (Lipinski definition) is 0. The summed E-state index contributed by atoms with van der Waals surface area (Å²) in [5.74, 6) is 0. The van der Waals surface area contributed by atoms with Gasteiger partial charge in [-0.05, 0) is 49.4 Å². The SMILES string of the molecule is Cc1cc(C)c([C]#[W+])c(C)c1.[C-]#[O+].[C-]#[O+].[F][Sb-]([F])([F])([F])([F])[F].c1ccc(P(CCP(c2ccccc2)c2ccccc2)c2ccccc2)cc1. The Kier molecular flexibility index (Phi) is 19.0. The minimum atomic E-state index is -11.2. The van der Waals surface area contributed by atoms with Gasteiger partial charge in [-0.1, -0.05) is 121 Å². The summed E-state index contributed by atoms with van der Waals surface area (Å²) >= 11 is -9.85. The van der Waals surface area contributed by atoms with Crippen LogP contribution in [0.25, 0.3) is 0 Å². The number of aryl methyl sites for hydroxylation is 3. The van der Waals surface area contributed by atoms with Crippen LogP contribution in [-0.4, -0.2) is 31.8 Å². The van der Waals surface area contributed by atoms with E-state index in [1.54, 1.807) is 0 Å². The Hall–Kier alpha value is -2.69. The van der Waals surface area contributed by atoms with Gasteiger partial charge in [0.15, 0.2) is 0 Å². The molecular weight excluding hydrogens is 970 g/mol. The summed E-state index contributed by atoms with van der Waals surface area (Å²) < 4.78 is 77.8. The molecule has 0 unspecified atom stereocenters. The zero-order chi connectivity index (χ0) is 37.9. The molecule has 0 fully saturated rings. The number of halogens is 6. The van der Waals surface area contributed by atoms with Gasteiger partial charge in [-0.15, -0.1) is 0 Å². The maximum absolute atomic E-state index is 11.2. The molecule has 0 saturated heterocycles. The summed E-state index contributed by atoms with van der Waals surface area (Å²) in [6.45, 7) is 15.4. The molecule has 2 nitrogen and oxygen atoms in total. The minimum absolute atomic E-state index is 0.348. The van der Waals surface area contributed by atoms with Gasteiger partial charge in [0, 0.05) is 0 Å². The third kappa shape index (κ3) is 19.1. The molecular formula is C38H35F6O2P2SbW. The molecule has 262 valence electrons. The fourth-order valence-electron chi connectivity index (χ4n) is 4.79. The number of rotatable bonds is 7. The largest absolute Gasteiger partial charge is 0.0622 e. The average molecular weight is 1010 g/mol. The number of benzene rings is 5. The Balaban J connectivity index is 0.000000468. The number of hydrogen-bond donors (Lipinski definition) is 0. The third-order valence-corrected chi connectivity index (χ3v) is 12.7. The van der Waals surface area contributed by atoms with Gasteiger partial charge < -0.3 is 0 Å². The zero-order valence-electron chi connectivity index (χ0n) is 27.5. The quantitative estimate of drug-likeness (QED) is 0.0513. The van der Waals surface area contributed by atoms with Crippen LogP contribution in [0.2, 0.25) is 0 Å². The van der Waals surface area contributed by atoms with Crippen LogP contribution in [0.1, 0.15) is 22.3 Å². The third-order valence-electron chi connectivity index (χ3n) is 6.60. The maximum Gasteiger partial charge on any atom is -0.0195 e. The van der Waals surface area contributed by atoms with E-state index in [0.717, 1.165) is 0 Å². The fraction of sp³-hybridized carbons (Fsp3) is 0.132. The van der Waals surface area contributed by atoms with Crippen LogP contribution in [0.4, 0.5) is 16.9 Å². The molecule has 5 aromatic carbocycles. The maximum atomic E-state index is 9.93. The van der Waals surface area contributed by atoms with Crippen LogP contribution >= 0.6 is 15.8 Å². The smallest absolute Gasteiger partial charge is 0.0195 e. The van der Waals surface area contributed by atoms with Crippen LogP contribution in [0.3, 0.4) is 0 Å². The van der Waals surface area contributed by atoms with Crippen LogP contribution in [0.15, 0.2) is 133 Å². The van der Waals surface area contributed by atoms with Gasteiger partial charge in [0.25, 0.3) is 0 Å². The predicted molar refractivity (Wildman–Crippen MR) is 192 cm³/mol. The van der Waals surface area contributed by atoms with Gasteiger partial charge in [0.1, 0.15) is 0 Å². The van der Waals surface area contributed by atoms with Crippen molar-refractivity contribution in [3.05, 3.63) is 169 Å². The molecule has 0 aromatic heterocycles. The fourth-order valence-corrected chi connectivity index (χ4v) is 11.3. The van der Waals surface area contributed by atoms with Crippen LogP contribution < -0.4 is 21.2 Å². The molecule has 12 heteroatoms. The summed E-state index contributed by atoms with van der Waals surface area (Å²) in [4.78, 5) is 0. The van der Waals surface area contributed by atoms with E-state index in [4.69, 9.17) is 9.30 Å². The van der Waals surface area contributed by atoms with E-state index >= 15 is 0 Å². The monoisotopic (exact) mass is 1000 g/mol. The second-order valence-electron chi connectivity index (χ2n) is 10.5. The normalized spacial score (nSPS) is 11.6. The molecule has 0 aliphatic carbocycles. The van der Waals surface area contributed by atoms with Gasteiger partial charge >= 0.3 is 137 Å². The van der Waals surface area contributed by atoms with Crippen molar-refractivity contribution >= 4 is 56.5 Å². The average Bonchev–Trinajstić information content (AvgIpc) is 3.09. The van der Waals surface area contributed by atoms with Crippen molar-refractivity contribution in [3.63, 3.8) is 0 Å². The molecule has 0 bridgehead atoms. The molecule has 0 N–H and O–H groups in total. The van der Waals surface area contributed by atoms with E-state index in [9.17, 15) is 16.9 Å². The van der Waals surface area contributed by atoms with Gasteiger partial charge in [-0.2, -0.15) is 0 Å². The molecule has 0 aliphatic heterocycles. The van der Waals surface area contributed by atoms with E-state index in [1.165, 1.54) is 74.9 Å². The van der Waals surface area contributed by atoms with Gasteiger partial charge in [0.2, 0.25) is 0 Å². The van der Waals surface area contributed by atoms with Crippen LogP contribution in [-0.2, 0) is 28.5 Å². The second-order valence-corrected chi connectivity index (χ2v) is 21.4. The molecule has 0 amide bonds. The minimum Gasteiger partial charge on any atom is -0.0622 e.